The highest BCUT2D eigenvalue weighted by Gasteiger charge is 2.13. The van der Waals surface area contributed by atoms with Crippen molar-refractivity contribution in [2.75, 3.05) is 7.11 Å². The highest BCUT2D eigenvalue weighted by Crippen LogP contribution is 2.29. The van der Waals surface area contributed by atoms with E-state index in [4.69, 9.17) is 37.2 Å². The third kappa shape index (κ3) is 4.10. The van der Waals surface area contributed by atoms with Gasteiger partial charge in [-0.25, -0.2) is 0 Å². The van der Waals surface area contributed by atoms with E-state index < -0.39 is 5.24 Å². The first-order valence-electron chi connectivity index (χ1n) is 7.16. The van der Waals surface area contributed by atoms with Crippen LogP contribution in [0.1, 0.15) is 16.2 Å². The van der Waals surface area contributed by atoms with Crippen LogP contribution in [0, 0.1) is 0 Å². The van der Waals surface area contributed by atoms with E-state index in [9.17, 15) is 4.79 Å². The number of aromatic nitrogens is 2. The van der Waals surface area contributed by atoms with E-state index in [1.54, 1.807) is 36.4 Å². The van der Waals surface area contributed by atoms with E-state index in [2.05, 4.69) is 10.1 Å². The van der Waals surface area contributed by atoms with E-state index in [-0.39, 0.29) is 12.5 Å². The molecule has 128 valence electrons. The maximum atomic E-state index is 11.3. The van der Waals surface area contributed by atoms with Crippen molar-refractivity contribution < 1.29 is 18.8 Å². The van der Waals surface area contributed by atoms with Gasteiger partial charge in [-0.05, 0) is 54.1 Å². The van der Waals surface area contributed by atoms with Gasteiger partial charge in [-0.15, -0.1) is 0 Å². The van der Waals surface area contributed by atoms with Crippen LogP contribution in [0.3, 0.4) is 0 Å². The molecule has 0 radical (unpaired) electrons. The first-order chi connectivity index (χ1) is 12.1. The minimum atomic E-state index is -0.588. The van der Waals surface area contributed by atoms with Gasteiger partial charge >= 0.3 is 0 Å². The van der Waals surface area contributed by atoms with Gasteiger partial charge in [0.15, 0.2) is 18.1 Å². The Bertz CT molecular complexity index is 894. The zero-order chi connectivity index (χ0) is 17.8. The van der Waals surface area contributed by atoms with Crippen molar-refractivity contribution in [1.29, 1.82) is 0 Å². The van der Waals surface area contributed by atoms with Crippen molar-refractivity contribution in [3.05, 3.63) is 58.9 Å². The number of ether oxygens (including phenoxy) is 2. The molecule has 8 heteroatoms. The van der Waals surface area contributed by atoms with Crippen LogP contribution in [0.15, 0.2) is 47.0 Å². The van der Waals surface area contributed by atoms with Gasteiger partial charge in [0.25, 0.3) is 11.1 Å². The highest BCUT2D eigenvalue weighted by molar-refractivity contribution is 6.67. The molecule has 0 aliphatic heterocycles. The van der Waals surface area contributed by atoms with Gasteiger partial charge in [0.2, 0.25) is 5.82 Å². The number of carbonyl (C=O) groups is 1. The Morgan fingerprint density at radius 3 is 2.60 bits per heavy atom. The molecule has 3 rings (SSSR count). The topological polar surface area (TPSA) is 74.5 Å². The van der Waals surface area contributed by atoms with Gasteiger partial charge in [-0.3, -0.25) is 4.79 Å². The minimum absolute atomic E-state index is 0.0108. The van der Waals surface area contributed by atoms with Crippen molar-refractivity contribution >= 4 is 28.4 Å². The lowest BCUT2D eigenvalue weighted by Gasteiger charge is -2.09. The van der Waals surface area contributed by atoms with Gasteiger partial charge in [0, 0.05) is 16.1 Å². The van der Waals surface area contributed by atoms with Gasteiger partial charge in [-0.1, -0.05) is 16.8 Å². The molecular weight excluding hydrogens is 367 g/mol. The quantitative estimate of drug-likeness (QED) is 0.593. The van der Waals surface area contributed by atoms with Crippen LogP contribution in [0.2, 0.25) is 5.02 Å². The summed E-state index contributed by atoms with van der Waals surface area (Å²) in [4.78, 5) is 15.5. The van der Waals surface area contributed by atoms with Crippen molar-refractivity contribution in [3.63, 3.8) is 0 Å². The molecule has 6 nitrogen and oxygen atoms in total. The Labute approximate surface area is 153 Å². The fourth-order valence-electron chi connectivity index (χ4n) is 2.08. The van der Waals surface area contributed by atoms with E-state index in [0.29, 0.717) is 27.9 Å². The summed E-state index contributed by atoms with van der Waals surface area (Å²) in [5, 5.41) is 3.94. The summed E-state index contributed by atoms with van der Waals surface area (Å²) in [6.07, 6.45) is 0. The van der Waals surface area contributed by atoms with Gasteiger partial charge < -0.3 is 14.0 Å². The molecule has 0 spiro atoms. The lowest BCUT2D eigenvalue weighted by Crippen LogP contribution is -2.00. The number of hydrogen-bond donors (Lipinski definition) is 0. The standard InChI is InChI=1S/C17H12Cl2N2O4/c1-23-13-7-4-11(16(19)22)8-14(13)24-9-15-20-17(21-25-15)10-2-5-12(18)6-3-10/h2-8H,9H2,1H3. The van der Waals surface area contributed by atoms with Crippen molar-refractivity contribution in [1.82, 2.24) is 10.1 Å². The molecule has 0 bridgehead atoms. The lowest BCUT2D eigenvalue weighted by atomic mass is 10.2. The third-order valence-electron chi connectivity index (χ3n) is 3.31. The maximum absolute atomic E-state index is 11.3. The summed E-state index contributed by atoms with van der Waals surface area (Å²) in [6, 6.07) is 11.7. The Hall–Kier alpha value is -2.57. The smallest absolute Gasteiger partial charge is 0.264 e. The van der Waals surface area contributed by atoms with Gasteiger partial charge in [0.05, 0.1) is 7.11 Å². The molecule has 0 saturated carbocycles. The average molecular weight is 379 g/mol. The van der Waals surface area contributed by atoms with Gasteiger partial charge in [-0.2, -0.15) is 4.98 Å². The number of hydrogen-bond acceptors (Lipinski definition) is 6. The Morgan fingerprint density at radius 2 is 1.92 bits per heavy atom. The van der Waals surface area contributed by atoms with Crippen LogP contribution in [0.4, 0.5) is 0 Å². The number of benzene rings is 2. The van der Waals surface area contributed by atoms with Crippen LogP contribution >= 0.6 is 23.2 Å². The molecule has 2 aromatic carbocycles. The lowest BCUT2D eigenvalue weighted by molar-refractivity contribution is 0.108. The van der Waals surface area contributed by atoms with Crippen molar-refractivity contribution in [2.24, 2.45) is 0 Å². The summed E-state index contributed by atoms with van der Waals surface area (Å²) in [5.74, 6) is 1.50. The number of rotatable bonds is 6. The molecule has 1 heterocycles. The molecule has 0 fully saturated rings. The maximum Gasteiger partial charge on any atom is 0.264 e. The number of carbonyl (C=O) groups excluding carboxylic acids is 1. The Kier molecular flexibility index (Phi) is 5.21. The second-order valence-corrected chi connectivity index (χ2v) is 5.73. The molecule has 0 N–H and O–H groups in total. The molecule has 3 aromatic rings. The molecule has 0 amide bonds. The zero-order valence-corrected chi connectivity index (χ0v) is 14.5. The van der Waals surface area contributed by atoms with Gasteiger partial charge in [0.1, 0.15) is 0 Å². The molecule has 0 aliphatic carbocycles. The molecule has 0 saturated heterocycles. The molecule has 0 aliphatic rings. The SMILES string of the molecule is COc1ccc(C(=O)Cl)cc1OCc1nc(-c2ccc(Cl)cc2)no1. The second kappa shape index (κ2) is 7.55. The van der Waals surface area contributed by atoms with Crippen LogP contribution in [-0.4, -0.2) is 22.5 Å². The van der Waals surface area contributed by atoms with Crippen LogP contribution in [0.25, 0.3) is 11.4 Å². The Morgan fingerprint density at radius 1 is 1.16 bits per heavy atom. The molecular formula is C17H12Cl2N2O4. The zero-order valence-electron chi connectivity index (χ0n) is 13.0. The van der Waals surface area contributed by atoms with Crippen LogP contribution < -0.4 is 9.47 Å². The largest absolute Gasteiger partial charge is 0.493 e. The number of halogens is 2. The average Bonchev–Trinajstić information content (AvgIpc) is 3.09. The predicted octanol–water partition coefficient (Wildman–Crippen LogP) is 4.36. The first kappa shape index (κ1) is 17.3. The Balaban J connectivity index is 1.75. The van der Waals surface area contributed by atoms with Crippen LogP contribution in [0.5, 0.6) is 11.5 Å². The fraction of sp³-hybridized carbons (Fsp3) is 0.118. The predicted molar refractivity (Wildman–Crippen MR) is 92.3 cm³/mol. The highest BCUT2D eigenvalue weighted by atomic mass is 35.5. The van der Waals surface area contributed by atoms with E-state index in [1.807, 2.05) is 0 Å². The first-order valence-corrected chi connectivity index (χ1v) is 7.91. The molecule has 0 atom stereocenters. The van der Waals surface area contributed by atoms with E-state index in [0.717, 1.165) is 5.56 Å². The summed E-state index contributed by atoms with van der Waals surface area (Å²) in [6.45, 7) is 0.0108. The molecule has 0 unspecified atom stereocenters. The molecule has 25 heavy (non-hydrogen) atoms. The van der Waals surface area contributed by atoms with Crippen molar-refractivity contribution in [3.8, 4) is 22.9 Å². The monoisotopic (exact) mass is 378 g/mol. The summed E-state index contributed by atoms with van der Waals surface area (Å²) < 4.78 is 16.0. The van der Waals surface area contributed by atoms with Crippen LogP contribution in [-0.2, 0) is 6.61 Å². The number of nitrogens with zero attached hydrogens (tertiary/aromatic N) is 2. The van der Waals surface area contributed by atoms with Crippen molar-refractivity contribution in [2.45, 2.75) is 6.61 Å². The van der Waals surface area contributed by atoms with E-state index in [1.165, 1.54) is 13.2 Å². The summed E-state index contributed by atoms with van der Waals surface area (Å²) in [7, 11) is 1.50. The third-order valence-corrected chi connectivity index (χ3v) is 3.78. The molecule has 1 aromatic heterocycles. The normalized spacial score (nSPS) is 10.5. The summed E-state index contributed by atoms with van der Waals surface area (Å²) in [5.41, 5.74) is 1.07. The number of methoxy groups -OCH3 is 1. The summed E-state index contributed by atoms with van der Waals surface area (Å²) >= 11 is 11.3. The second-order valence-electron chi connectivity index (χ2n) is 4.95. The minimum Gasteiger partial charge on any atom is -0.493 e. The fourth-order valence-corrected chi connectivity index (χ4v) is 2.32. The van der Waals surface area contributed by atoms with E-state index >= 15 is 0 Å².